The average Bonchev–Trinajstić information content (AvgIpc) is 2.25. The van der Waals surface area contributed by atoms with Crippen molar-refractivity contribution in [1.82, 2.24) is 9.97 Å². The molecule has 0 aliphatic rings. The van der Waals surface area contributed by atoms with Gasteiger partial charge in [-0.2, -0.15) is 9.97 Å². The second kappa shape index (κ2) is 5.14. The maximum Gasteiger partial charge on any atom is 0.325 e. The van der Waals surface area contributed by atoms with Gasteiger partial charge in [0.2, 0.25) is 18.1 Å². The molecule has 1 N–H and O–H groups in total. The Labute approximate surface area is 88.6 Å². The number of anilines is 1. The SMILES string of the molecule is COc1cc(OC)nc(NC=[N+](C)C)n1. The molecule has 0 atom stereocenters. The summed E-state index contributed by atoms with van der Waals surface area (Å²) < 4.78 is 11.9. The summed E-state index contributed by atoms with van der Waals surface area (Å²) in [5, 5.41) is 2.91. The van der Waals surface area contributed by atoms with Gasteiger partial charge in [-0.15, -0.1) is 0 Å². The zero-order valence-corrected chi connectivity index (χ0v) is 9.31. The minimum Gasteiger partial charge on any atom is -0.481 e. The van der Waals surface area contributed by atoms with Crippen LogP contribution in [0.4, 0.5) is 5.95 Å². The number of ether oxygens (including phenoxy) is 2. The minimum absolute atomic E-state index is 0.430. The highest BCUT2D eigenvalue weighted by Crippen LogP contribution is 2.16. The van der Waals surface area contributed by atoms with Gasteiger partial charge in [0.25, 0.3) is 0 Å². The van der Waals surface area contributed by atoms with E-state index in [4.69, 9.17) is 9.47 Å². The normalized spacial score (nSPS) is 9.33. The van der Waals surface area contributed by atoms with Gasteiger partial charge in [0.1, 0.15) is 0 Å². The van der Waals surface area contributed by atoms with E-state index in [-0.39, 0.29) is 0 Å². The molecule has 0 amide bonds. The van der Waals surface area contributed by atoms with Gasteiger partial charge in [0, 0.05) is 0 Å². The lowest BCUT2D eigenvalue weighted by atomic mass is 10.6. The molecule has 1 heterocycles. The molecule has 0 spiro atoms. The van der Waals surface area contributed by atoms with Gasteiger partial charge in [0.05, 0.1) is 34.4 Å². The summed E-state index contributed by atoms with van der Waals surface area (Å²) in [5.41, 5.74) is 0. The molecule has 0 aliphatic heterocycles. The Hall–Kier alpha value is -1.85. The van der Waals surface area contributed by atoms with E-state index in [9.17, 15) is 0 Å². The Kier molecular flexibility index (Phi) is 3.84. The van der Waals surface area contributed by atoms with Crippen molar-refractivity contribution in [2.24, 2.45) is 0 Å². The summed E-state index contributed by atoms with van der Waals surface area (Å²) in [5.74, 6) is 1.34. The maximum atomic E-state index is 5.01. The molecule has 1 aromatic heterocycles. The van der Waals surface area contributed by atoms with E-state index in [1.807, 2.05) is 18.7 Å². The van der Waals surface area contributed by atoms with E-state index in [0.717, 1.165) is 0 Å². The first-order valence-corrected chi connectivity index (χ1v) is 4.39. The van der Waals surface area contributed by atoms with Crippen molar-refractivity contribution in [3.63, 3.8) is 0 Å². The molecule has 0 radical (unpaired) electrons. The zero-order valence-electron chi connectivity index (χ0n) is 9.31. The molecule has 15 heavy (non-hydrogen) atoms. The van der Waals surface area contributed by atoms with Crippen LogP contribution in [-0.4, -0.2) is 49.2 Å². The largest absolute Gasteiger partial charge is 0.481 e. The van der Waals surface area contributed by atoms with Crippen LogP contribution in [0.2, 0.25) is 0 Å². The molecule has 0 saturated carbocycles. The lowest BCUT2D eigenvalue weighted by Gasteiger charge is -2.02. The van der Waals surface area contributed by atoms with Gasteiger partial charge in [-0.25, -0.2) is 5.32 Å². The molecule has 0 saturated heterocycles. The monoisotopic (exact) mass is 211 g/mol. The number of rotatable bonds is 4. The zero-order chi connectivity index (χ0) is 11.3. The van der Waals surface area contributed by atoms with Crippen molar-refractivity contribution in [2.75, 3.05) is 33.6 Å². The number of hydrogen-bond acceptors (Lipinski definition) is 4. The third-order valence-corrected chi connectivity index (χ3v) is 1.55. The smallest absolute Gasteiger partial charge is 0.325 e. The molecule has 6 heteroatoms. The van der Waals surface area contributed by atoms with E-state index in [2.05, 4.69) is 15.3 Å². The Morgan fingerprint density at radius 3 is 2.13 bits per heavy atom. The first-order chi connectivity index (χ1) is 7.15. The van der Waals surface area contributed by atoms with Crippen molar-refractivity contribution >= 4 is 12.3 Å². The average molecular weight is 211 g/mol. The van der Waals surface area contributed by atoms with Crippen LogP contribution in [0.5, 0.6) is 11.8 Å². The van der Waals surface area contributed by atoms with Crippen molar-refractivity contribution < 1.29 is 14.0 Å². The molecule has 0 unspecified atom stereocenters. The molecular weight excluding hydrogens is 196 g/mol. The van der Waals surface area contributed by atoms with Crippen LogP contribution >= 0.6 is 0 Å². The second-order valence-electron chi connectivity index (χ2n) is 3.01. The molecule has 1 rings (SSSR count). The fraction of sp³-hybridized carbons (Fsp3) is 0.444. The standard InChI is InChI=1S/C9H14N4O2/c1-13(2)6-10-9-11-7(14-3)5-8(12-9)15-4/h5-6H,1-4H3/p+1. The summed E-state index contributed by atoms with van der Waals surface area (Å²) in [6.07, 6.45) is 1.73. The highest BCUT2D eigenvalue weighted by atomic mass is 16.5. The number of aromatic nitrogens is 2. The first-order valence-electron chi connectivity index (χ1n) is 4.39. The molecular formula is C9H15N4O2+. The van der Waals surface area contributed by atoms with Crippen molar-refractivity contribution in [3.8, 4) is 11.8 Å². The lowest BCUT2D eigenvalue weighted by molar-refractivity contribution is -0.459. The molecule has 1 aromatic rings. The molecule has 82 valence electrons. The number of hydrogen-bond donors (Lipinski definition) is 1. The summed E-state index contributed by atoms with van der Waals surface area (Å²) in [6, 6.07) is 1.61. The second-order valence-corrected chi connectivity index (χ2v) is 3.01. The minimum atomic E-state index is 0.430. The molecule has 0 bridgehead atoms. The van der Waals surface area contributed by atoms with Gasteiger partial charge in [-0.1, -0.05) is 0 Å². The van der Waals surface area contributed by atoms with Crippen LogP contribution in [0, 0.1) is 0 Å². The number of methoxy groups -OCH3 is 2. The summed E-state index contributed by atoms with van der Waals surface area (Å²) in [6.45, 7) is 0. The van der Waals surface area contributed by atoms with Gasteiger partial charge in [-0.3, -0.25) is 4.58 Å². The Bertz CT molecular complexity index is 339. The van der Waals surface area contributed by atoms with Crippen LogP contribution in [0.25, 0.3) is 0 Å². The topological polar surface area (TPSA) is 59.3 Å². The highest BCUT2D eigenvalue weighted by molar-refractivity contribution is 5.68. The molecule has 0 aliphatic carbocycles. The van der Waals surface area contributed by atoms with Crippen LogP contribution in [0.1, 0.15) is 0 Å². The van der Waals surface area contributed by atoms with Crippen LogP contribution in [0.15, 0.2) is 6.07 Å². The van der Waals surface area contributed by atoms with Crippen LogP contribution in [-0.2, 0) is 0 Å². The Morgan fingerprint density at radius 1 is 1.20 bits per heavy atom. The lowest BCUT2D eigenvalue weighted by Crippen LogP contribution is -2.10. The van der Waals surface area contributed by atoms with Gasteiger partial charge in [-0.05, 0) is 0 Å². The molecule has 0 fully saturated rings. The van der Waals surface area contributed by atoms with Crippen molar-refractivity contribution in [1.29, 1.82) is 0 Å². The van der Waals surface area contributed by atoms with Gasteiger partial charge < -0.3 is 9.47 Å². The summed E-state index contributed by atoms with van der Waals surface area (Å²) in [7, 11) is 6.87. The Balaban J connectivity index is 2.91. The third kappa shape index (κ3) is 3.41. The number of nitrogens with one attached hydrogen (secondary N) is 1. The van der Waals surface area contributed by atoms with E-state index in [1.54, 1.807) is 26.6 Å². The molecule has 6 nitrogen and oxygen atoms in total. The fourth-order valence-electron chi connectivity index (χ4n) is 0.864. The van der Waals surface area contributed by atoms with E-state index in [0.29, 0.717) is 17.7 Å². The summed E-state index contributed by atoms with van der Waals surface area (Å²) in [4.78, 5) is 8.18. The van der Waals surface area contributed by atoms with Gasteiger partial charge >= 0.3 is 5.95 Å². The van der Waals surface area contributed by atoms with Gasteiger partial charge in [0.15, 0.2) is 0 Å². The summed E-state index contributed by atoms with van der Waals surface area (Å²) >= 11 is 0. The Morgan fingerprint density at radius 2 is 1.73 bits per heavy atom. The maximum absolute atomic E-state index is 5.01. The molecule has 0 aromatic carbocycles. The van der Waals surface area contributed by atoms with E-state index < -0.39 is 0 Å². The van der Waals surface area contributed by atoms with Crippen LogP contribution in [0.3, 0.4) is 0 Å². The van der Waals surface area contributed by atoms with Crippen molar-refractivity contribution in [3.05, 3.63) is 6.07 Å². The van der Waals surface area contributed by atoms with Crippen LogP contribution < -0.4 is 14.8 Å². The quantitative estimate of drug-likeness (QED) is 0.438. The van der Waals surface area contributed by atoms with E-state index >= 15 is 0 Å². The third-order valence-electron chi connectivity index (χ3n) is 1.55. The predicted molar refractivity (Wildman–Crippen MR) is 56.9 cm³/mol. The van der Waals surface area contributed by atoms with Crippen molar-refractivity contribution in [2.45, 2.75) is 0 Å². The van der Waals surface area contributed by atoms with E-state index in [1.165, 1.54) is 0 Å². The fourth-order valence-corrected chi connectivity index (χ4v) is 0.864. The highest BCUT2D eigenvalue weighted by Gasteiger charge is 2.06. The number of nitrogens with zero attached hydrogens (tertiary/aromatic N) is 3. The first kappa shape index (κ1) is 11.2. The predicted octanol–water partition coefficient (Wildman–Crippen LogP) is 0.206.